The van der Waals surface area contributed by atoms with Gasteiger partial charge in [0.05, 0.1) is 17.1 Å². The van der Waals surface area contributed by atoms with Crippen LogP contribution in [0.3, 0.4) is 0 Å². The van der Waals surface area contributed by atoms with E-state index < -0.39 is 15.8 Å². The van der Waals surface area contributed by atoms with Gasteiger partial charge in [0.2, 0.25) is 0 Å². The van der Waals surface area contributed by atoms with Gasteiger partial charge in [-0.3, -0.25) is 0 Å². The number of hydrogen-bond donors (Lipinski definition) is 0. The van der Waals surface area contributed by atoms with Crippen molar-refractivity contribution in [1.29, 1.82) is 0 Å². The minimum Gasteiger partial charge on any atom is -0.494 e. The van der Waals surface area contributed by atoms with E-state index in [0.717, 1.165) is 12.7 Å². The summed E-state index contributed by atoms with van der Waals surface area (Å²) in [7, 11) is -3.37. The van der Waals surface area contributed by atoms with Gasteiger partial charge in [-0.2, -0.15) is 0 Å². The molecular formula is C17H18O5S. The lowest BCUT2D eigenvalue weighted by molar-refractivity contribution is 0.0734. The van der Waals surface area contributed by atoms with Gasteiger partial charge in [0.15, 0.2) is 9.84 Å². The van der Waals surface area contributed by atoms with Crippen LogP contribution in [0.15, 0.2) is 53.4 Å². The Balaban J connectivity index is 2.10. The first-order valence-corrected chi connectivity index (χ1v) is 9.04. The quantitative estimate of drug-likeness (QED) is 0.600. The molecule has 2 aromatic carbocycles. The molecule has 0 radical (unpaired) electrons. The zero-order valence-corrected chi connectivity index (χ0v) is 13.8. The summed E-state index contributed by atoms with van der Waals surface area (Å²) >= 11 is 0. The third-order valence-corrected chi connectivity index (χ3v) is 4.12. The molecule has 0 heterocycles. The second-order valence-corrected chi connectivity index (χ2v) is 7.03. The van der Waals surface area contributed by atoms with E-state index in [4.69, 9.17) is 9.47 Å². The minimum absolute atomic E-state index is 0.0789. The Morgan fingerprint density at radius 2 is 1.70 bits per heavy atom. The molecule has 122 valence electrons. The summed E-state index contributed by atoms with van der Waals surface area (Å²) in [6.45, 7) is 2.64. The van der Waals surface area contributed by atoms with Gasteiger partial charge in [-0.1, -0.05) is 13.0 Å². The van der Waals surface area contributed by atoms with E-state index in [9.17, 15) is 13.2 Å². The van der Waals surface area contributed by atoms with Crippen LogP contribution < -0.4 is 9.47 Å². The monoisotopic (exact) mass is 334 g/mol. The molecule has 0 bridgehead atoms. The lowest BCUT2D eigenvalue weighted by Crippen LogP contribution is -2.09. The first-order valence-electron chi connectivity index (χ1n) is 7.15. The van der Waals surface area contributed by atoms with Crippen LogP contribution in [0.4, 0.5) is 0 Å². The Morgan fingerprint density at radius 1 is 1.04 bits per heavy atom. The number of ether oxygens (including phenoxy) is 2. The third kappa shape index (κ3) is 4.82. The lowest BCUT2D eigenvalue weighted by atomic mass is 10.2. The zero-order valence-electron chi connectivity index (χ0n) is 13.0. The summed E-state index contributed by atoms with van der Waals surface area (Å²) in [5, 5.41) is 0. The zero-order chi connectivity index (χ0) is 16.9. The van der Waals surface area contributed by atoms with Crippen molar-refractivity contribution >= 4 is 15.8 Å². The third-order valence-electron chi connectivity index (χ3n) is 3.01. The van der Waals surface area contributed by atoms with E-state index in [1.54, 1.807) is 24.3 Å². The van der Waals surface area contributed by atoms with Crippen molar-refractivity contribution in [2.24, 2.45) is 0 Å². The largest absolute Gasteiger partial charge is 0.494 e. The second-order valence-electron chi connectivity index (χ2n) is 5.01. The Bertz CT molecular complexity index is 779. The molecule has 23 heavy (non-hydrogen) atoms. The van der Waals surface area contributed by atoms with Crippen LogP contribution in [0.1, 0.15) is 23.7 Å². The highest BCUT2D eigenvalue weighted by Crippen LogP contribution is 2.19. The predicted molar refractivity (Wildman–Crippen MR) is 86.7 cm³/mol. The molecule has 0 unspecified atom stereocenters. The van der Waals surface area contributed by atoms with Gasteiger partial charge in [-0.05, 0) is 48.9 Å². The van der Waals surface area contributed by atoms with Crippen LogP contribution in [0.25, 0.3) is 0 Å². The lowest BCUT2D eigenvalue weighted by Gasteiger charge is -2.07. The number of benzene rings is 2. The first kappa shape index (κ1) is 17.0. The molecule has 2 aromatic rings. The molecule has 2 rings (SSSR count). The fraction of sp³-hybridized carbons (Fsp3) is 0.235. The Kier molecular flexibility index (Phi) is 5.39. The highest BCUT2D eigenvalue weighted by Gasteiger charge is 2.13. The van der Waals surface area contributed by atoms with Crippen LogP contribution in [0.2, 0.25) is 0 Å². The van der Waals surface area contributed by atoms with Crippen molar-refractivity contribution in [3.8, 4) is 11.5 Å². The number of esters is 1. The maximum absolute atomic E-state index is 12.1. The van der Waals surface area contributed by atoms with Gasteiger partial charge in [0.1, 0.15) is 11.5 Å². The fourth-order valence-electron chi connectivity index (χ4n) is 1.84. The standard InChI is InChI=1S/C17H18O5S/c1-3-11-21-14-7-9-15(10-8-14)22-17(18)13-5-4-6-16(12-13)23(2,19)20/h4-10,12H,3,11H2,1-2H3. The Hall–Kier alpha value is -2.34. The SMILES string of the molecule is CCCOc1ccc(OC(=O)c2cccc(S(C)(=O)=O)c2)cc1. The van der Waals surface area contributed by atoms with Crippen molar-refractivity contribution in [3.05, 3.63) is 54.1 Å². The van der Waals surface area contributed by atoms with Crippen molar-refractivity contribution in [3.63, 3.8) is 0 Å². The van der Waals surface area contributed by atoms with Gasteiger partial charge in [-0.25, -0.2) is 13.2 Å². The van der Waals surface area contributed by atoms with Crippen molar-refractivity contribution in [2.75, 3.05) is 12.9 Å². The maximum Gasteiger partial charge on any atom is 0.343 e. The Morgan fingerprint density at radius 3 is 2.30 bits per heavy atom. The van der Waals surface area contributed by atoms with E-state index in [1.807, 2.05) is 6.92 Å². The van der Waals surface area contributed by atoms with Crippen LogP contribution in [-0.4, -0.2) is 27.2 Å². The molecule has 0 aliphatic rings. The van der Waals surface area contributed by atoms with E-state index in [0.29, 0.717) is 18.1 Å². The molecule has 0 amide bonds. The highest BCUT2D eigenvalue weighted by molar-refractivity contribution is 7.90. The van der Waals surface area contributed by atoms with Crippen molar-refractivity contribution in [1.82, 2.24) is 0 Å². The number of hydrogen-bond acceptors (Lipinski definition) is 5. The van der Waals surface area contributed by atoms with Crippen LogP contribution in [-0.2, 0) is 9.84 Å². The second kappa shape index (κ2) is 7.28. The van der Waals surface area contributed by atoms with Gasteiger partial charge < -0.3 is 9.47 Å². The molecular weight excluding hydrogens is 316 g/mol. The number of rotatable bonds is 6. The molecule has 0 aliphatic carbocycles. The fourth-order valence-corrected chi connectivity index (χ4v) is 2.51. The van der Waals surface area contributed by atoms with E-state index in [1.165, 1.54) is 24.3 Å². The Labute approximate surface area is 135 Å². The van der Waals surface area contributed by atoms with E-state index >= 15 is 0 Å². The predicted octanol–water partition coefficient (Wildman–Crippen LogP) is 3.10. The van der Waals surface area contributed by atoms with Crippen LogP contribution >= 0.6 is 0 Å². The smallest absolute Gasteiger partial charge is 0.343 e. The molecule has 0 fully saturated rings. The van der Waals surface area contributed by atoms with Crippen molar-refractivity contribution in [2.45, 2.75) is 18.2 Å². The first-order chi connectivity index (χ1) is 10.9. The summed E-state index contributed by atoms with van der Waals surface area (Å²) in [6, 6.07) is 12.4. The molecule has 5 nitrogen and oxygen atoms in total. The van der Waals surface area contributed by atoms with Gasteiger partial charge >= 0.3 is 5.97 Å². The topological polar surface area (TPSA) is 69.7 Å². The van der Waals surface area contributed by atoms with Crippen LogP contribution in [0.5, 0.6) is 11.5 Å². The minimum atomic E-state index is -3.37. The van der Waals surface area contributed by atoms with E-state index in [-0.39, 0.29) is 10.5 Å². The highest BCUT2D eigenvalue weighted by atomic mass is 32.2. The molecule has 0 saturated carbocycles. The molecule has 0 aliphatic heterocycles. The summed E-state index contributed by atoms with van der Waals surface area (Å²) in [5.41, 5.74) is 0.180. The summed E-state index contributed by atoms with van der Waals surface area (Å²) < 4.78 is 33.7. The molecule has 0 N–H and O–H groups in total. The molecule has 0 atom stereocenters. The average molecular weight is 334 g/mol. The summed E-state index contributed by atoms with van der Waals surface area (Å²) in [4.78, 5) is 12.2. The summed E-state index contributed by atoms with van der Waals surface area (Å²) in [6.07, 6.45) is 2.00. The van der Waals surface area contributed by atoms with Gasteiger partial charge in [0.25, 0.3) is 0 Å². The van der Waals surface area contributed by atoms with Gasteiger partial charge in [-0.15, -0.1) is 0 Å². The van der Waals surface area contributed by atoms with E-state index in [2.05, 4.69) is 0 Å². The van der Waals surface area contributed by atoms with Crippen molar-refractivity contribution < 1.29 is 22.7 Å². The van der Waals surface area contributed by atoms with Gasteiger partial charge in [0, 0.05) is 6.26 Å². The maximum atomic E-state index is 12.1. The molecule has 0 aromatic heterocycles. The number of sulfone groups is 1. The summed E-state index contributed by atoms with van der Waals surface area (Å²) in [5.74, 6) is 0.451. The number of carbonyl (C=O) groups is 1. The normalized spacial score (nSPS) is 11.0. The van der Waals surface area contributed by atoms with Crippen LogP contribution in [0, 0.1) is 0 Å². The molecule has 0 saturated heterocycles. The number of carbonyl (C=O) groups excluding carboxylic acids is 1. The molecule has 0 spiro atoms. The average Bonchev–Trinajstić information content (AvgIpc) is 2.53. The molecule has 6 heteroatoms.